The quantitative estimate of drug-likeness (QED) is 0.423. The molecule has 0 saturated heterocycles. The van der Waals surface area contributed by atoms with Gasteiger partial charge in [0.1, 0.15) is 11.5 Å². The van der Waals surface area contributed by atoms with Gasteiger partial charge in [0.05, 0.1) is 27.0 Å². The van der Waals surface area contributed by atoms with E-state index in [9.17, 15) is 19.8 Å². The molecular formula is C18H19N3O6. The van der Waals surface area contributed by atoms with Gasteiger partial charge in [0.25, 0.3) is 11.8 Å². The normalized spacial score (nSPS) is 10.4. The molecule has 4 N–H and O–H groups in total. The molecule has 0 aliphatic heterocycles. The van der Waals surface area contributed by atoms with Gasteiger partial charge in [0.15, 0.2) is 11.5 Å². The molecule has 0 atom stereocenters. The summed E-state index contributed by atoms with van der Waals surface area (Å²) >= 11 is 0. The molecular weight excluding hydrogens is 354 g/mol. The lowest BCUT2D eigenvalue weighted by molar-refractivity contribution is -0.120. The van der Waals surface area contributed by atoms with Crippen LogP contribution in [0.3, 0.4) is 0 Å². The zero-order valence-corrected chi connectivity index (χ0v) is 14.7. The summed E-state index contributed by atoms with van der Waals surface area (Å²) in [6, 6.07) is 8.57. The second-order valence-electron chi connectivity index (χ2n) is 5.29. The van der Waals surface area contributed by atoms with Crippen LogP contribution in [0.5, 0.6) is 23.0 Å². The lowest BCUT2D eigenvalue weighted by Gasteiger charge is -2.09. The molecule has 0 radical (unpaired) electrons. The summed E-state index contributed by atoms with van der Waals surface area (Å²) in [6.07, 6.45) is 1.21. The number of aromatic hydroxyl groups is 2. The summed E-state index contributed by atoms with van der Waals surface area (Å²) in [4.78, 5) is 23.9. The van der Waals surface area contributed by atoms with Crippen LogP contribution in [0.4, 0.5) is 0 Å². The van der Waals surface area contributed by atoms with Crippen molar-refractivity contribution >= 4 is 18.0 Å². The van der Waals surface area contributed by atoms with Crippen molar-refractivity contribution in [2.45, 2.75) is 0 Å². The maximum atomic E-state index is 12.1. The summed E-state index contributed by atoms with van der Waals surface area (Å²) in [5.41, 5.74) is 2.83. The number of carbonyl (C=O) groups excluding carboxylic acids is 2. The van der Waals surface area contributed by atoms with E-state index in [-0.39, 0.29) is 18.0 Å². The van der Waals surface area contributed by atoms with Gasteiger partial charge in [-0.25, -0.2) is 5.43 Å². The van der Waals surface area contributed by atoms with E-state index in [1.165, 1.54) is 38.6 Å². The molecule has 0 aliphatic rings. The summed E-state index contributed by atoms with van der Waals surface area (Å²) in [6.45, 7) is -0.300. The van der Waals surface area contributed by atoms with Crippen LogP contribution in [-0.4, -0.2) is 49.0 Å². The Balaban J connectivity index is 1.87. The van der Waals surface area contributed by atoms with Gasteiger partial charge in [-0.15, -0.1) is 0 Å². The first-order valence-electron chi connectivity index (χ1n) is 7.78. The van der Waals surface area contributed by atoms with Gasteiger partial charge in [-0.3, -0.25) is 9.59 Å². The van der Waals surface area contributed by atoms with Gasteiger partial charge in [-0.1, -0.05) is 0 Å². The third-order valence-corrected chi connectivity index (χ3v) is 3.46. The number of hydrogen-bond acceptors (Lipinski definition) is 7. The molecule has 0 spiro atoms. The number of nitrogens with zero attached hydrogens (tertiary/aromatic N) is 1. The van der Waals surface area contributed by atoms with Gasteiger partial charge in [-0.05, 0) is 30.3 Å². The monoisotopic (exact) mass is 373 g/mol. The highest BCUT2D eigenvalue weighted by atomic mass is 16.5. The minimum Gasteiger partial charge on any atom is -0.508 e. The van der Waals surface area contributed by atoms with E-state index in [2.05, 4.69) is 15.8 Å². The van der Waals surface area contributed by atoms with E-state index in [1.807, 2.05) is 0 Å². The van der Waals surface area contributed by atoms with Crippen molar-refractivity contribution in [1.82, 2.24) is 10.7 Å². The number of carbonyl (C=O) groups is 2. The SMILES string of the molecule is COc1ccc(C(=O)NCC(=O)N/N=C\c2ccc(O)cc2O)cc1OC. The molecule has 27 heavy (non-hydrogen) atoms. The second kappa shape index (κ2) is 9.09. The van der Waals surface area contributed by atoms with Crippen LogP contribution in [0.1, 0.15) is 15.9 Å². The molecule has 0 unspecified atom stereocenters. The zero-order valence-electron chi connectivity index (χ0n) is 14.7. The number of phenols is 2. The van der Waals surface area contributed by atoms with Gasteiger partial charge < -0.3 is 25.0 Å². The molecule has 9 heteroatoms. The van der Waals surface area contributed by atoms with Crippen LogP contribution in [0, 0.1) is 0 Å². The summed E-state index contributed by atoms with van der Waals surface area (Å²) < 4.78 is 10.2. The first kappa shape index (κ1) is 19.6. The van der Waals surface area contributed by atoms with E-state index in [4.69, 9.17) is 9.47 Å². The Morgan fingerprint density at radius 1 is 1.07 bits per heavy atom. The topological polar surface area (TPSA) is 129 Å². The van der Waals surface area contributed by atoms with E-state index in [0.29, 0.717) is 22.6 Å². The van der Waals surface area contributed by atoms with Crippen LogP contribution >= 0.6 is 0 Å². The molecule has 2 rings (SSSR count). The number of hydrazone groups is 1. The molecule has 0 aliphatic carbocycles. The van der Waals surface area contributed by atoms with Gasteiger partial charge >= 0.3 is 0 Å². The fraction of sp³-hybridized carbons (Fsp3) is 0.167. The van der Waals surface area contributed by atoms with Crippen molar-refractivity contribution < 1.29 is 29.3 Å². The average Bonchev–Trinajstić information content (AvgIpc) is 2.67. The van der Waals surface area contributed by atoms with Crippen LogP contribution in [0.2, 0.25) is 0 Å². The zero-order chi connectivity index (χ0) is 19.8. The number of rotatable bonds is 7. The number of methoxy groups -OCH3 is 2. The molecule has 2 amide bonds. The summed E-state index contributed by atoms with van der Waals surface area (Å²) in [5, 5.41) is 24.9. The first-order chi connectivity index (χ1) is 12.9. The summed E-state index contributed by atoms with van der Waals surface area (Å²) in [5.74, 6) is -0.419. The smallest absolute Gasteiger partial charge is 0.259 e. The van der Waals surface area contributed by atoms with E-state index in [0.717, 1.165) is 6.07 Å². The molecule has 0 aromatic heterocycles. The molecule has 0 bridgehead atoms. The van der Waals surface area contributed by atoms with Crippen LogP contribution in [0.15, 0.2) is 41.5 Å². The van der Waals surface area contributed by atoms with E-state index < -0.39 is 11.8 Å². The van der Waals surface area contributed by atoms with Crippen molar-refractivity contribution in [2.24, 2.45) is 5.10 Å². The second-order valence-corrected chi connectivity index (χ2v) is 5.29. The Morgan fingerprint density at radius 3 is 2.48 bits per heavy atom. The minimum absolute atomic E-state index is 0.0911. The molecule has 9 nitrogen and oxygen atoms in total. The predicted molar refractivity (Wildman–Crippen MR) is 97.4 cm³/mol. The lowest BCUT2D eigenvalue weighted by atomic mass is 10.2. The Morgan fingerprint density at radius 2 is 1.81 bits per heavy atom. The number of phenolic OH excluding ortho intramolecular Hbond substituents is 2. The lowest BCUT2D eigenvalue weighted by Crippen LogP contribution is -2.34. The highest BCUT2D eigenvalue weighted by molar-refractivity contribution is 5.97. The van der Waals surface area contributed by atoms with Crippen LogP contribution in [-0.2, 0) is 4.79 Å². The Labute approximate surface area is 155 Å². The first-order valence-corrected chi connectivity index (χ1v) is 7.78. The maximum absolute atomic E-state index is 12.1. The van der Waals surface area contributed by atoms with Crippen molar-refractivity contribution in [2.75, 3.05) is 20.8 Å². The van der Waals surface area contributed by atoms with Gasteiger partial charge in [0, 0.05) is 17.2 Å². The molecule has 0 saturated carbocycles. The third-order valence-electron chi connectivity index (χ3n) is 3.46. The highest BCUT2D eigenvalue weighted by Gasteiger charge is 2.11. The van der Waals surface area contributed by atoms with Crippen LogP contribution in [0.25, 0.3) is 0 Å². The minimum atomic E-state index is -0.557. The molecule has 142 valence electrons. The van der Waals surface area contributed by atoms with Gasteiger partial charge in [-0.2, -0.15) is 5.10 Å². The number of nitrogens with one attached hydrogen (secondary N) is 2. The standard InChI is InChI=1S/C18H19N3O6/c1-26-15-6-4-11(7-16(15)27-2)18(25)19-10-17(24)21-20-9-12-3-5-13(22)8-14(12)23/h3-9,22-23H,10H2,1-2H3,(H,19,25)(H,21,24)/b20-9-. The van der Waals surface area contributed by atoms with Crippen molar-refractivity contribution in [1.29, 1.82) is 0 Å². The number of benzene rings is 2. The van der Waals surface area contributed by atoms with Crippen molar-refractivity contribution in [3.63, 3.8) is 0 Å². The van der Waals surface area contributed by atoms with Crippen molar-refractivity contribution in [3.8, 4) is 23.0 Å². The number of amides is 2. The summed E-state index contributed by atoms with van der Waals surface area (Å²) in [7, 11) is 2.94. The highest BCUT2D eigenvalue weighted by Crippen LogP contribution is 2.27. The predicted octanol–water partition coefficient (Wildman–Crippen LogP) is 0.995. The Kier molecular flexibility index (Phi) is 6.59. The Hall–Kier alpha value is -3.75. The fourth-order valence-electron chi connectivity index (χ4n) is 2.09. The van der Waals surface area contributed by atoms with Crippen molar-refractivity contribution in [3.05, 3.63) is 47.5 Å². The molecule has 2 aromatic rings. The fourth-order valence-corrected chi connectivity index (χ4v) is 2.09. The largest absolute Gasteiger partial charge is 0.508 e. The Bertz CT molecular complexity index is 866. The van der Waals surface area contributed by atoms with E-state index in [1.54, 1.807) is 12.1 Å². The van der Waals surface area contributed by atoms with E-state index >= 15 is 0 Å². The number of ether oxygens (including phenoxy) is 2. The number of hydrogen-bond donors (Lipinski definition) is 4. The average molecular weight is 373 g/mol. The molecule has 2 aromatic carbocycles. The van der Waals surface area contributed by atoms with Gasteiger partial charge in [0.2, 0.25) is 0 Å². The van der Waals surface area contributed by atoms with Crippen LogP contribution < -0.4 is 20.2 Å². The molecule has 0 fully saturated rings. The maximum Gasteiger partial charge on any atom is 0.259 e. The molecule has 0 heterocycles. The third kappa shape index (κ3) is 5.36.